The number of nitrogen functional groups attached to an aromatic ring is 1. The van der Waals surface area contributed by atoms with E-state index in [4.69, 9.17) is 10.5 Å². The Labute approximate surface area is 108 Å². The predicted molar refractivity (Wildman–Crippen MR) is 72.4 cm³/mol. The minimum absolute atomic E-state index is 0.261. The first-order valence-corrected chi connectivity index (χ1v) is 6.69. The zero-order valence-corrected chi connectivity index (χ0v) is 10.9. The van der Waals surface area contributed by atoms with Crippen molar-refractivity contribution in [3.8, 4) is 0 Å². The first kappa shape index (κ1) is 12.9. The molecule has 3 nitrogen and oxygen atoms in total. The SMILES string of the molecule is Cc1cc(N)cc(C(=O)OCCC2CCCC2)c1. The van der Waals surface area contributed by atoms with Crippen LogP contribution in [0.15, 0.2) is 18.2 Å². The number of esters is 1. The standard InChI is InChI=1S/C15H21NO2/c1-11-8-13(10-14(16)9-11)15(17)18-7-6-12-4-2-3-5-12/h8-10,12H,2-7,16H2,1H3. The van der Waals surface area contributed by atoms with Crippen molar-refractivity contribution in [2.75, 3.05) is 12.3 Å². The van der Waals surface area contributed by atoms with Crippen LogP contribution in [0.1, 0.15) is 48.0 Å². The third-order valence-electron chi connectivity index (χ3n) is 3.57. The van der Waals surface area contributed by atoms with Crippen LogP contribution in [0, 0.1) is 12.8 Å². The molecular formula is C15H21NO2. The molecule has 0 bridgehead atoms. The van der Waals surface area contributed by atoms with Crippen LogP contribution in [0.25, 0.3) is 0 Å². The number of rotatable bonds is 4. The summed E-state index contributed by atoms with van der Waals surface area (Å²) >= 11 is 0. The Morgan fingerprint density at radius 1 is 1.33 bits per heavy atom. The van der Waals surface area contributed by atoms with E-state index in [2.05, 4.69) is 0 Å². The molecule has 0 unspecified atom stereocenters. The van der Waals surface area contributed by atoms with E-state index in [0.29, 0.717) is 17.9 Å². The van der Waals surface area contributed by atoms with Crippen LogP contribution < -0.4 is 5.73 Å². The number of carbonyl (C=O) groups excluding carboxylic acids is 1. The maximum Gasteiger partial charge on any atom is 0.338 e. The van der Waals surface area contributed by atoms with Crippen molar-refractivity contribution < 1.29 is 9.53 Å². The lowest BCUT2D eigenvalue weighted by Gasteiger charge is -2.10. The zero-order chi connectivity index (χ0) is 13.0. The highest BCUT2D eigenvalue weighted by Gasteiger charge is 2.16. The molecule has 0 radical (unpaired) electrons. The van der Waals surface area contributed by atoms with Gasteiger partial charge in [0.15, 0.2) is 0 Å². The van der Waals surface area contributed by atoms with Crippen LogP contribution in [-0.4, -0.2) is 12.6 Å². The van der Waals surface area contributed by atoms with Crippen LogP contribution in [0.2, 0.25) is 0 Å². The summed E-state index contributed by atoms with van der Waals surface area (Å²) in [6, 6.07) is 5.33. The van der Waals surface area contributed by atoms with Crippen LogP contribution in [-0.2, 0) is 4.74 Å². The van der Waals surface area contributed by atoms with E-state index in [-0.39, 0.29) is 5.97 Å². The van der Waals surface area contributed by atoms with Crippen molar-refractivity contribution in [3.63, 3.8) is 0 Å². The molecule has 0 saturated heterocycles. The highest BCUT2D eigenvalue weighted by atomic mass is 16.5. The number of carbonyl (C=O) groups is 1. The van der Waals surface area contributed by atoms with Gasteiger partial charge in [-0.1, -0.05) is 25.7 Å². The number of aryl methyl sites for hydroxylation is 1. The molecule has 2 rings (SSSR count). The maximum atomic E-state index is 11.8. The Kier molecular flexibility index (Phi) is 4.24. The molecule has 1 fully saturated rings. The van der Waals surface area contributed by atoms with Crippen LogP contribution in [0.4, 0.5) is 5.69 Å². The van der Waals surface area contributed by atoms with Gasteiger partial charge in [-0.25, -0.2) is 4.79 Å². The minimum atomic E-state index is -0.261. The smallest absolute Gasteiger partial charge is 0.338 e. The monoisotopic (exact) mass is 247 g/mol. The molecule has 18 heavy (non-hydrogen) atoms. The average Bonchev–Trinajstić information content (AvgIpc) is 2.80. The number of ether oxygens (including phenoxy) is 1. The van der Waals surface area contributed by atoms with Crippen molar-refractivity contribution >= 4 is 11.7 Å². The molecule has 1 saturated carbocycles. The first-order valence-electron chi connectivity index (χ1n) is 6.69. The molecule has 0 atom stereocenters. The molecule has 1 aliphatic rings. The third kappa shape index (κ3) is 3.49. The Morgan fingerprint density at radius 3 is 2.72 bits per heavy atom. The van der Waals surface area contributed by atoms with Gasteiger partial charge < -0.3 is 10.5 Å². The summed E-state index contributed by atoms with van der Waals surface area (Å²) < 4.78 is 5.31. The fourth-order valence-corrected chi connectivity index (χ4v) is 2.63. The Bertz CT molecular complexity index is 402. The molecule has 1 aliphatic carbocycles. The number of nitrogens with two attached hydrogens (primary N) is 1. The molecule has 1 aromatic rings. The lowest BCUT2D eigenvalue weighted by Crippen LogP contribution is -2.09. The number of benzene rings is 1. The average molecular weight is 247 g/mol. The second-order valence-corrected chi connectivity index (χ2v) is 5.21. The maximum absolute atomic E-state index is 11.8. The highest BCUT2D eigenvalue weighted by molar-refractivity contribution is 5.90. The normalized spacial score (nSPS) is 15.8. The van der Waals surface area contributed by atoms with Gasteiger partial charge in [0.25, 0.3) is 0 Å². The van der Waals surface area contributed by atoms with Gasteiger partial charge >= 0.3 is 5.97 Å². The molecule has 2 N–H and O–H groups in total. The van der Waals surface area contributed by atoms with Gasteiger partial charge in [-0.05, 0) is 43.0 Å². The molecule has 0 aromatic heterocycles. The lowest BCUT2D eigenvalue weighted by molar-refractivity contribution is 0.0483. The van der Waals surface area contributed by atoms with Gasteiger partial charge in [0.05, 0.1) is 12.2 Å². The van der Waals surface area contributed by atoms with Crippen LogP contribution in [0.5, 0.6) is 0 Å². The highest BCUT2D eigenvalue weighted by Crippen LogP contribution is 2.27. The summed E-state index contributed by atoms with van der Waals surface area (Å²) in [5, 5.41) is 0. The summed E-state index contributed by atoms with van der Waals surface area (Å²) in [6.45, 7) is 2.45. The second kappa shape index (κ2) is 5.89. The molecule has 3 heteroatoms. The molecule has 0 heterocycles. The fraction of sp³-hybridized carbons (Fsp3) is 0.533. The summed E-state index contributed by atoms with van der Waals surface area (Å²) in [7, 11) is 0. The Balaban J connectivity index is 1.83. The molecule has 0 aliphatic heterocycles. The lowest BCUT2D eigenvalue weighted by atomic mass is 10.1. The van der Waals surface area contributed by atoms with Gasteiger partial charge in [0, 0.05) is 5.69 Å². The van der Waals surface area contributed by atoms with Gasteiger partial charge in [0.1, 0.15) is 0 Å². The molecule has 98 valence electrons. The van der Waals surface area contributed by atoms with E-state index in [1.807, 2.05) is 19.1 Å². The Hall–Kier alpha value is -1.51. The molecule has 0 amide bonds. The Morgan fingerprint density at radius 2 is 2.06 bits per heavy atom. The quantitative estimate of drug-likeness (QED) is 0.656. The second-order valence-electron chi connectivity index (χ2n) is 5.21. The van der Waals surface area contributed by atoms with E-state index in [0.717, 1.165) is 17.9 Å². The van der Waals surface area contributed by atoms with E-state index >= 15 is 0 Å². The van der Waals surface area contributed by atoms with Crippen molar-refractivity contribution in [1.29, 1.82) is 0 Å². The van der Waals surface area contributed by atoms with Crippen LogP contribution in [0.3, 0.4) is 0 Å². The molecular weight excluding hydrogens is 226 g/mol. The summed E-state index contributed by atoms with van der Waals surface area (Å²) in [4.78, 5) is 11.8. The van der Waals surface area contributed by atoms with Crippen molar-refractivity contribution in [3.05, 3.63) is 29.3 Å². The summed E-state index contributed by atoms with van der Waals surface area (Å²) in [5.41, 5.74) is 7.87. The number of anilines is 1. The van der Waals surface area contributed by atoms with E-state index in [1.54, 1.807) is 6.07 Å². The number of hydrogen-bond donors (Lipinski definition) is 1. The minimum Gasteiger partial charge on any atom is -0.462 e. The summed E-state index contributed by atoms with van der Waals surface area (Å²) in [5.74, 6) is 0.490. The largest absolute Gasteiger partial charge is 0.462 e. The van der Waals surface area contributed by atoms with Crippen molar-refractivity contribution in [1.82, 2.24) is 0 Å². The topological polar surface area (TPSA) is 52.3 Å². The molecule has 1 aromatic carbocycles. The van der Waals surface area contributed by atoms with Crippen molar-refractivity contribution in [2.45, 2.75) is 39.0 Å². The zero-order valence-electron chi connectivity index (χ0n) is 10.9. The van der Waals surface area contributed by atoms with Gasteiger partial charge in [-0.15, -0.1) is 0 Å². The summed E-state index contributed by atoms with van der Waals surface area (Å²) in [6.07, 6.45) is 6.22. The van der Waals surface area contributed by atoms with E-state index in [1.165, 1.54) is 25.7 Å². The predicted octanol–water partition coefficient (Wildman–Crippen LogP) is 3.31. The van der Waals surface area contributed by atoms with Gasteiger partial charge in [0.2, 0.25) is 0 Å². The molecule has 0 spiro atoms. The van der Waals surface area contributed by atoms with Gasteiger partial charge in [-0.2, -0.15) is 0 Å². The number of hydrogen-bond acceptors (Lipinski definition) is 3. The van der Waals surface area contributed by atoms with Gasteiger partial charge in [-0.3, -0.25) is 0 Å². The third-order valence-corrected chi connectivity index (χ3v) is 3.57. The fourth-order valence-electron chi connectivity index (χ4n) is 2.63. The van der Waals surface area contributed by atoms with Crippen molar-refractivity contribution in [2.24, 2.45) is 5.92 Å². The van der Waals surface area contributed by atoms with E-state index < -0.39 is 0 Å². The van der Waals surface area contributed by atoms with Crippen LogP contribution >= 0.6 is 0 Å². The first-order chi connectivity index (χ1) is 8.65. The van der Waals surface area contributed by atoms with E-state index in [9.17, 15) is 4.79 Å².